The number of carbonyl (C=O) groups is 1. The fraction of sp³-hybridized carbons (Fsp3) is 0.438. The molecule has 1 N–H and O–H groups in total. The summed E-state index contributed by atoms with van der Waals surface area (Å²) in [5, 5.41) is 1.14. The highest BCUT2D eigenvalue weighted by Gasteiger charge is 2.28. The molecule has 2 aromatic rings. The molecule has 2 heterocycles. The molecular weight excluding hydrogens is 252 g/mol. The Kier molecular flexibility index (Phi) is 3.74. The average molecular weight is 272 g/mol. The Bertz CT molecular complexity index is 605. The standard InChI is InChI=1S/C16H20N2O2/c1-20-11-13-5-4-8-18(13)16(19)9-12-10-17-15-7-3-2-6-14(12)15/h2-3,6-7,10,13,17H,4-5,8-9,11H2,1H3. The second-order valence-corrected chi connectivity index (χ2v) is 5.37. The molecule has 1 unspecified atom stereocenters. The molecule has 0 aliphatic carbocycles. The largest absolute Gasteiger partial charge is 0.383 e. The smallest absolute Gasteiger partial charge is 0.227 e. The van der Waals surface area contributed by atoms with Crippen LogP contribution in [-0.2, 0) is 16.0 Å². The van der Waals surface area contributed by atoms with Crippen LogP contribution in [0.25, 0.3) is 10.9 Å². The summed E-state index contributed by atoms with van der Waals surface area (Å²) in [6.45, 7) is 1.49. The van der Waals surface area contributed by atoms with Crippen LogP contribution in [0.1, 0.15) is 18.4 Å². The second kappa shape index (κ2) is 5.67. The van der Waals surface area contributed by atoms with Crippen LogP contribution in [0.15, 0.2) is 30.5 Å². The number of fused-ring (bicyclic) bond motifs is 1. The molecule has 1 fully saturated rings. The molecule has 0 spiro atoms. The molecule has 4 nitrogen and oxygen atoms in total. The number of likely N-dealkylation sites (tertiary alicyclic amines) is 1. The Labute approximate surface area is 118 Å². The van der Waals surface area contributed by atoms with Crippen molar-refractivity contribution in [3.8, 4) is 0 Å². The van der Waals surface area contributed by atoms with Crippen molar-refractivity contribution in [1.29, 1.82) is 0 Å². The number of rotatable bonds is 4. The van der Waals surface area contributed by atoms with Gasteiger partial charge in [0.2, 0.25) is 5.91 Å². The third kappa shape index (κ3) is 2.43. The van der Waals surface area contributed by atoms with Gasteiger partial charge in [0.05, 0.1) is 19.1 Å². The topological polar surface area (TPSA) is 45.3 Å². The minimum atomic E-state index is 0.203. The van der Waals surface area contributed by atoms with Crippen molar-refractivity contribution >= 4 is 16.8 Å². The van der Waals surface area contributed by atoms with Crippen molar-refractivity contribution in [1.82, 2.24) is 9.88 Å². The van der Waals surface area contributed by atoms with Crippen molar-refractivity contribution in [2.24, 2.45) is 0 Å². The zero-order valence-corrected chi connectivity index (χ0v) is 11.8. The summed E-state index contributed by atoms with van der Waals surface area (Å²) in [7, 11) is 1.70. The summed E-state index contributed by atoms with van der Waals surface area (Å²) in [6.07, 6.45) is 4.54. The molecule has 1 aliphatic heterocycles. The highest BCUT2D eigenvalue weighted by Crippen LogP contribution is 2.22. The van der Waals surface area contributed by atoms with Gasteiger partial charge in [-0.3, -0.25) is 4.79 Å². The lowest BCUT2D eigenvalue weighted by Gasteiger charge is -2.24. The van der Waals surface area contributed by atoms with Gasteiger partial charge in [0.1, 0.15) is 0 Å². The van der Waals surface area contributed by atoms with Gasteiger partial charge in [-0.05, 0) is 24.5 Å². The lowest BCUT2D eigenvalue weighted by atomic mass is 10.1. The van der Waals surface area contributed by atoms with Gasteiger partial charge in [-0.25, -0.2) is 0 Å². The number of H-pyrrole nitrogens is 1. The monoisotopic (exact) mass is 272 g/mol. The molecule has 1 saturated heterocycles. The maximum Gasteiger partial charge on any atom is 0.227 e. The Hall–Kier alpha value is -1.81. The predicted molar refractivity (Wildman–Crippen MR) is 78.6 cm³/mol. The highest BCUT2D eigenvalue weighted by molar-refractivity contribution is 5.89. The van der Waals surface area contributed by atoms with Crippen LogP contribution in [0, 0.1) is 0 Å². The number of carbonyl (C=O) groups excluding carboxylic acids is 1. The molecule has 0 bridgehead atoms. The fourth-order valence-electron chi connectivity index (χ4n) is 3.07. The first kappa shape index (κ1) is 13.2. The first-order chi connectivity index (χ1) is 9.79. The van der Waals surface area contributed by atoms with Crippen LogP contribution in [0.5, 0.6) is 0 Å². The third-order valence-electron chi connectivity index (χ3n) is 4.07. The van der Waals surface area contributed by atoms with Crippen molar-refractivity contribution in [2.75, 3.05) is 20.3 Å². The maximum atomic E-state index is 12.5. The lowest BCUT2D eigenvalue weighted by Crippen LogP contribution is -2.38. The number of hydrogen-bond acceptors (Lipinski definition) is 2. The van der Waals surface area contributed by atoms with Gasteiger partial charge < -0.3 is 14.6 Å². The SMILES string of the molecule is COCC1CCCN1C(=O)Cc1c[nH]c2ccccc12. The fourth-order valence-corrected chi connectivity index (χ4v) is 3.07. The number of para-hydroxylation sites is 1. The van der Waals surface area contributed by atoms with E-state index in [0.29, 0.717) is 13.0 Å². The number of aromatic amines is 1. The number of aromatic nitrogens is 1. The molecule has 4 heteroatoms. The van der Waals surface area contributed by atoms with Crippen LogP contribution >= 0.6 is 0 Å². The van der Waals surface area contributed by atoms with Crippen molar-refractivity contribution in [3.63, 3.8) is 0 Å². The molecule has 20 heavy (non-hydrogen) atoms. The minimum absolute atomic E-state index is 0.203. The molecule has 0 radical (unpaired) electrons. The van der Waals surface area contributed by atoms with Crippen molar-refractivity contribution < 1.29 is 9.53 Å². The van der Waals surface area contributed by atoms with E-state index in [9.17, 15) is 4.79 Å². The van der Waals surface area contributed by atoms with E-state index < -0.39 is 0 Å². The number of hydrogen-bond donors (Lipinski definition) is 1. The van der Waals surface area contributed by atoms with Crippen LogP contribution in [0.2, 0.25) is 0 Å². The van der Waals surface area contributed by atoms with Crippen LogP contribution < -0.4 is 0 Å². The maximum absolute atomic E-state index is 12.5. The Balaban J connectivity index is 1.75. The van der Waals surface area contributed by atoms with E-state index >= 15 is 0 Å². The van der Waals surface area contributed by atoms with Gasteiger partial charge in [-0.1, -0.05) is 18.2 Å². The van der Waals surface area contributed by atoms with Crippen molar-refractivity contribution in [2.45, 2.75) is 25.3 Å². The van der Waals surface area contributed by atoms with Gasteiger partial charge in [0, 0.05) is 30.8 Å². The van der Waals surface area contributed by atoms with E-state index in [-0.39, 0.29) is 11.9 Å². The molecule has 3 rings (SSSR count). The minimum Gasteiger partial charge on any atom is -0.383 e. The normalized spacial score (nSPS) is 18.9. The number of amides is 1. The quantitative estimate of drug-likeness (QED) is 0.928. The number of methoxy groups -OCH3 is 1. The number of nitrogens with zero attached hydrogens (tertiary/aromatic N) is 1. The molecule has 1 aliphatic rings. The van der Waals surface area contributed by atoms with Crippen LogP contribution in [0.3, 0.4) is 0 Å². The summed E-state index contributed by atoms with van der Waals surface area (Å²) in [5.74, 6) is 0.203. The van der Waals surface area contributed by atoms with Gasteiger partial charge in [0.15, 0.2) is 0 Å². The van der Waals surface area contributed by atoms with E-state index in [1.165, 1.54) is 0 Å². The molecule has 106 valence electrons. The zero-order chi connectivity index (χ0) is 13.9. The first-order valence-corrected chi connectivity index (χ1v) is 7.13. The van der Waals surface area contributed by atoms with E-state index in [4.69, 9.17) is 4.74 Å². The summed E-state index contributed by atoms with van der Waals surface area (Å²) in [5.41, 5.74) is 2.17. The molecule has 1 amide bonds. The van der Waals surface area contributed by atoms with Gasteiger partial charge >= 0.3 is 0 Å². The van der Waals surface area contributed by atoms with E-state index in [1.54, 1.807) is 7.11 Å². The van der Waals surface area contributed by atoms with Crippen molar-refractivity contribution in [3.05, 3.63) is 36.0 Å². The third-order valence-corrected chi connectivity index (χ3v) is 4.07. The highest BCUT2D eigenvalue weighted by atomic mass is 16.5. The summed E-state index contributed by atoms with van der Waals surface area (Å²) >= 11 is 0. The van der Waals surface area contributed by atoms with Gasteiger partial charge in [0.25, 0.3) is 0 Å². The van der Waals surface area contributed by atoms with Gasteiger partial charge in [-0.2, -0.15) is 0 Å². The van der Waals surface area contributed by atoms with Crippen LogP contribution in [0.4, 0.5) is 0 Å². The summed E-state index contributed by atoms with van der Waals surface area (Å²) in [4.78, 5) is 17.7. The Morgan fingerprint density at radius 3 is 3.15 bits per heavy atom. The number of ether oxygens (including phenoxy) is 1. The predicted octanol–water partition coefficient (Wildman–Crippen LogP) is 2.35. The summed E-state index contributed by atoms with van der Waals surface area (Å²) < 4.78 is 5.21. The zero-order valence-electron chi connectivity index (χ0n) is 11.8. The van der Waals surface area contributed by atoms with Crippen LogP contribution in [-0.4, -0.2) is 42.1 Å². The molecule has 1 aromatic carbocycles. The van der Waals surface area contributed by atoms with E-state index in [1.807, 2.05) is 29.3 Å². The molecular formula is C16H20N2O2. The van der Waals surface area contributed by atoms with Gasteiger partial charge in [-0.15, -0.1) is 0 Å². The number of benzene rings is 1. The lowest BCUT2D eigenvalue weighted by molar-refractivity contribution is -0.132. The second-order valence-electron chi connectivity index (χ2n) is 5.37. The Morgan fingerprint density at radius 1 is 1.45 bits per heavy atom. The molecule has 1 atom stereocenters. The average Bonchev–Trinajstić information content (AvgIpc) is 3.07. The first-order valence-electron chi connectivity index (χ1n) is 7.13. The van der Waals surface area contributed by atoms with E-state index in [0.717, 1.165) is 35.9 Å². The molecule has 0 saturated carbocycles. The molecule has 1 aromatic heterocycles. The van der Waals surface area contributed by atoms with E-state index in [2.05, 4.69) is 11.1 Å². The Morgan fingerprint density at radius 2 is 2.30 bits per heavy atom. The number of nitrogens with one attached hydrogen (secondary N) is 1. The summed E-state index contributed by atoms with van der Waals surface area (Å²) in [6, 6.07) is 8.35.